The lowest BCUT2D eigenvalue weighted by Crippen LogP contribution is -2.25. The molecule has 0 fully saturated rings. The number of thioether (sulfide) groups is 1. The SMILES string of the molecule is C=C(Br)S/C(=C\C)CNc1nc2c(cc1C(=O)NCc1ccc(F)c(F)c1)CCC2. The highest BCUT2D eigenvalue weighted by Gasteiger charge is 2.20. The monoisotopic (exact) mass is 493 g/mol. The van der Waals surface area contributed by atoms with E-state index in [4.69, 9.17) is 0 Å². The fraction of sp³-hybridized carbons (Fsp3) is 0.273. The van der Waals surface area contributed by atoms with Gasteiger partial charge in [-0.05, 0) is 71.4 Å². The number of nitrogens with zero attached hydrogens (tertiary/aromatic N) is 1. The minimum Gasteiger partial charge on any atom is -0.365 e. The molecule has 2 aromatic rings. The Labute approximate surface area is 187 Å². The Hall–Kier alpha value is -2.19. The molecule has 0 saturated heterocycles. The van der Waals surface area contributed by atoms with Gasteiger partial charge in [0.15, 0.2) is 11.6 Å². The van der Waals surface area contributed by atoms with E-state index in [-0.39, 0.29) is 12.5 Å². The van der Waals surface area contributed by atoms with Crippen LogP contribution in [0.2, 0.25) is 0 Å². The van der Waals surface area contributed by atoms with Gasteiger partial charge in [0.2, 0.25) is 0 Å². The molecule has 0 bridgehead atoms. The maximum Gasteiger partial charge on any atom is 0.255 e. The van der Waals surface area contributed by atoms with Crippen LogP contribution in [0.15, 0.2) is 45.6 Å². The predicted molar refractivity (Wildman–Crippen MR) is 122 cm³/mol. The molecule has 30 heavy (non-hydrogen) atoms. The number of hydrogen-bond acceptors (Lipinski definition) is 4. The van der Waals surface area contributed by atoms with E-state index < -0.39 is 11.6 Å². The molecular weight excluding hydrogens is 472 g/mol. The largest absolute Gasteiger partial charge is 0.365 e. The number of pyridine rings is 1. The van der Waals surface area contributed by atoms with Crippen molar-refractivity contribution >= 4 is 39.4 Å². The average molecular weight is 494 g/mol. The minimum atomic E-state index is -0.937. The molecule has 158 valence electrons. The van der Waals surface area contributed by atoms with E-state index in [0.717, 1.165) is 51.4 Å². The number of amides is 1. The summed E-state index contributed by atoms with van der Waals surface area (Å²) in [5, 5.41) is 6.04. The standard InChI is InChI=1S/C22H22BrF2N3OS/c1-3-16(30-13(2)23)12-26-21-17(10-15-5-4-6-20(15)28-21)22(29)27-11-14-7-8-18(24)19(25)9-14/h3,7-10H,2,4-6,11-12H2,1H3,(H,26,28)(H,27,29)/b16-3-. The zero-order valence-corrected chi connectivity index (χ0v) is 18.9. The van der Waals surface area contributed by atoms with Crippen molar-refractivity contribution in [1.82, 2.24) is 10.3 Å². The number of allylic oxidation sites excluding steroid dienone is 1. The van der Waals surface area contributed by atoms with Gasteiger partial charge in [-0.3, -0.25) is 4.79 Å². The summed E-state index contributed by atoms with van der Waals surface area (Å²) in [6.45, 7) is 6.36. The lowest BCUT2D eigenvalue weighted by molar-refractivity contribution is 0.0951. The Morgan fingerprint density at radius 3 is 2.80 bits per heavy atom. The summed E-state index contributed by atoms with van der Waals surface area (Å²) in [6.07, 6.45) is 4.77. The van der Waals surface area contributed by atoms with Crippen LogP contribution in [0.4, 0.5) is 14.6 Å². The number of fused-ring (bicyclic) bond motifs is 1. The van der Waals surface area contributed by atoms with Crippen molar-refractivity contribution < 1.29 is 13.6 Å². The molecule has 0 atom stereocenters. The lowest BCUT2D eigenvalue weighted by Gasteiger charge is -2.15. The van der Waals surface area contributed by atoms with Crippen LogP contribution in [-0.2, 0) is 19.4 Å². The number of carbonyl (C=O) groups excluding carboxylic acids is 1. The third kappa shape index (κ3) is 5.70. The number of anilines is 1. The molecule has 0 spiro atoms. The number of hydrogen-bond donors (Lipinski definition) is 2. The van der Waals surface area contributed by atoms with Crippen molar-refractivity contribution in [2.45, 2.75) is 32.7 Å². The molecule has 0 unspecified atom stereocenters. The zero-order chi connectivity index (χ0) is 21.7. The van der Waals surface area contributed by atoms with Crippen LogP contribution in [0.3, 0.4) is 0 Å². The highest BCUT2D eigenvalue weighted by atomic mass is 79.9. The fourth-order valence-electron chi connectivity index (χ4n) is 3.22. The van der Waals surface area contributed by atoms with Gasteiger partial charge in [0.25, 0.3) is 5.91 Å². The molecule has 1 aliphatic carbocycles. The van der Waals surface area contributed by atoms with E-state index in [2.05, 4.69) is 38.1 Å². The number of aryl methyl sites for hydroxylation is 2. The van der Waals surface area contributed by atoms with Gasteiger partial charge >= 0.3 is 0 Å². The molecule has 2 N–H and O–H groups in total. The third-order valence-corrected chi connectivity index (χ3v) is 6.08. The smallest absolute Gasteiger partial charge is 0.255 e. The number of aromatic nitrogens is 1. The molecule has 0 aliphatic heterocycles. The predicted octanol–water partition coefficient (Wildman–Crippen LogP) is 5.69. The summed E-state index contributed by atoms with van der Waals surface area (Å²) >= 11 is 4.84. The molecule has 1 heterocycles. The van der Waals surface area contributed by atoms with Gasteiger partial charge in [-0.2, -0.15) is 0 Å². The molecule has 1 aliphatic rings. The van der Waals surface area contributed by atoms with Crippen LogP contribution >= 0.6 is 27.7 Å². The Balaban J connectivity index is 1.77. The third-order valence-electron chi connectivity index (χ3n) is 4.73. The maximum absolute atomic E-state index is 13.4. The van der Waals surface area contributed by atoms with Crippen LogP contribution in [0.25, 0.3) is 0 Å². The first-order chi connectivity index (χ1) is 14.4. The van der Waals surface area contributed by atoms with E-state index in [0.29, 0.717) is 23.5 Å². The first-order valence-electron chi connectivity index (χ1n) is 9.53. The summed E-state index contributed by atoms with van der Waals surface area (Å²) < 4.78 is 27.3. The Morgan fingerprint density at radius 1 is 1.30 bits per heavy atom. The molecule has 3 rings (SSSR count). The van der Waals surface area contributed by atoms with Crippen molar-refractivity contribution in [2.24, 2.45) is 0 Å². The molecule has 0 radical (unpaired) electrons. The van der Waals surface area contributed by atoms with E-state index in [9.17, 15) is 13.6 Å². The Kier molecular flexibility index (Phi) is 7.66. The van der Waals surface area contributed by atoms with Gasteiger partial charge in [-0.1, -0.05) is 30.5 Å². The molecule has 0 saturated carbocycles. The fourth-order valence-corrected chi connectivity index (χ4v) is 4.39. The quantitative estimate of drug-likeness (QED) is 0.495. The second-order valence-corrected chi connectivity index (χ2v) is 9.54. The van der Waals surface area contributed by atoms with Crippen molar-refractivity contribution in [2.75, 3.05) is 11.9 Å². The zero-order valence-electron chi connectivity index (χ0n) is 16.5. The molecular formula is C22H22BrF2N3OS. The van der Waals surface area contributed by atoms with Crippen LogP contribution < -0.4 is 10.6 Å². The second kappa shape index (κ2) is 10.2. The van der Waals surface area contributed by atoms with Gasteiger partial charge in [0.05, 0.1) is 5.56 Å². The van der Waals surface area contributed by atoms with Crippen LogP contribution in [0, 0.1) is 11.6 Å². The summed E-state index contributed by atoms with van der Waals surface area (Å²) in [5.74, 6) is -1.65. The average Bonchev–Trinajstić information content (AvgIpc) is 3.18. The Morgan fingerprint density at radius 2 is 2.10 bits per heavy atom. The number of nitrogens with one attached hydrogen (secondary N) is 2. The van der Waals surface area contributed by atoms with E-state index in [1.165, 1.54) is 17.8 Å². The van der Waals surface area contributed by atoms with Crippen molar-refractivity contribution in [3.63, 3.8) is 0 Å². The van der Waals surface area contributed by atoms with Gasteiger partial charge < -0.3 is 10.6 Å². The summed E-state index contributed by atoms with van der Waals surface area (Å²) in [6, 6.07) is 5.46. The molecule has 4 nitrogen and oxygen atoms in total. The van der Waals surface area contributed by atoms with Gasteiger partial charge in [-0.15, -0.1) is 0 Å². The van der Waals surface area contributed by atoms with E-state index in [1.807, 2.05) is 19.1 Å². The maximum atomic E-state index is 13.4. The summed E-state index contributed by atoms with van der Waals surface area (Å²) in [7, 11) is 0. The summed E-state index contributed by atoms with van der Waals surface area (Å²) in [4.78, 5) is 18.6. The van der Waals surface area contributed by atoms with Crippen molar-refractivity contribution in [1.29, 1.82) is 0 Å². The van der Waals surface area contributed by atoms with E-state index >= 15 is 0 Å². The van der Waals surface area contributed by atoms with Crippen LogP contribution in [0.1, 0.15) is 40.5 Å². The lowest BCUT2D eigenvalue weighted by atomic mass is 10.1. The van der Waals surface area contributed by atoms with Gasteiger partial charge in [0, 0.05) is 27.5 Å². The number of rotatable bonds is 8. The second-order valence-electron chi connectivity index (χ2n) is 6.84. The number of halogens is 3. The molecule has 1 aromatic carbocycles. The van der Waals surface area contributed by atoms with Crippen LogP contribution in [0.5, 0.6) is 0 Å². The van der Waals surface area contributed by atoms with Crippen molar-refractivity contribution in [3.05, 3.63) is 79.7 Å². The normalized spacial score (nSPS) is 13.1. The van der Waals surface area contributed by atoms with Gasteiger partial charge in [0.1, 0.15) is 5.82 Å². The molecule has 1 amide bonds. The first-order valence-corrected chi connectivity index (χ1v) is 11.1. The molecule has 8 heteroatoms. The van der Waals surface area contributed by atoms with Gasteiger partial charge in [-0.25, -0.2) is 13.8 Å². The highest BCUT2D eigenvalue weighted by molar-refractivity contribution is 9.14. The minimum absolute atomic E-state index is 0.0892. The molecule has 1 aromatic heterocycles. The summed E-state index contributed by atoms with van der Waals surface area (Å²) in [5.41, 5.74) is 3.01. The topological polar surface area (TPSA) is 54.0 Å². The number of carbonyl (C=O) groups is 1. The first kappa shape index (κ1) is 22.5. The van der Waals surface area contributed by atoms with E-state index in [1.54, 1.807) is 0 Å². The van der Waals surface area contributed by atoms with Crippen LogP contribution in [-0.4, -0.2) is 17.4 Å². The Bertz CT molecular complexity index is 1010. The van der Waals surface area contributed by atoms with Crippen molar-refractivity contribution in [3.8, 4) is 0 Å². The number of benzene rings is 1. The highest BCUT2D eigenvalue weighted by Crippen LogP contribution is 2.30.